The van der Waals surface area contributed by atoms with E-state index in [0.29, 0.717) is 12.1 Å². The molecule has 0 spiro atoms. The average molecular weight is 201 g/mol. The fourth-order valence-corrected chi connectivity index (χ4v) is 1.30. The first-order valence-corrected chi connectivity index (χ1v) is 4.39. The molecule has 78 valence electrons. The van der Waals surface area contributed by atoms with E-state index in [-0.39, 0.29) is 12.5 Å². The first-order chi connectivity index (χ1) is 6.69. The molecule has 0 aliphatic carbocycles. The second kappa shape index (κ2) is 5.02. The Kier molecular flexibility index (Phi) is 3.98. The van der Waals surface area contributed by atoms with Crippen LogP contribution in [-0.4, -0.2) is 25.3 Å². The second-order valence-corrected chi connectivity index (χ2v) is 3.11. The maximum atomic E-state index is 12.8. The molecule has 0 saturated carbocycles. The Morgan fingerprint density at radius 3 is 2.57 bits per heavy atom. The molecule has 1 aromatic carbocycles. The lowest BCUT2D eigenvalue weighted by molar-refractivity contribution is 0.263. The molecular weight excluding hydrogens is 188 g/mol. The van der Waals surface area contributed by atoms with Crippen LogP contribution < -0.4 is 5.32 Å². The number of likely N-dealkylation sites (N-methyl/N-ethyl adjacent to an activating group) is 1. The molecule has 2 nitrogen and oxygen atoms in total. The van der Waals surface area contributed by atoms with Gasteiger partial charge in [0.1, 0.15) is 0 Å². The Morgan fingerprint density at radius 1 is 1.36 bits per heavy atom. The summed E-state index contributed by atoms with van der Waals surface area (Å²) in [5.74, 6) is -1.94. The van der Waals surface area contributed by atoms with E-state index in [2.05, 4.69) is 5.32 Å². The van der Waals surface area contributed by atoms with Gasteiger partial charge in [0.05, 0.1) is 6.61 Å². The number of rotatable bonds is 4. The fourth-order valence-electron chi connectivity index (χ4n) is 1.30. The molecule has 0 bridgehead atoms. The van der Waals surface area contributed by atoms with Crippen LogP contribution in [0.4, 0.5) is 8.78 Å². The maximum Gasteiger partial charge on any atom is 0.159 e. The predicted molar refractivity (Wildman–Crippen MR) is 50.1 cm³/mol. The summed E-state index contributed by atoms with van der Waals surface area (Å²) in [7, 11) is 1.74. The summed E-state index contributed by atoms with van der Waals surface area (Å²) in [4.78, 5) is 0. The molecule has 0 aromatic heterocycles. The number of hydrogen-bond donors (Lipinski definition) is 2. The number of nitrogens with one attached hydrogen (secondary N) is 1. The zero-order valence-electron chi connectivity index (χ0n) is 7.93. The summed E-state index contributed by atoms with van der Waals surface area (Å²) >= 11 is 0. The zero-order valence-corrected chi connectivity index (χ0v) is 7.93. The highest BCUT2D eigenvalue weighted by atomic mass is 19.2. The molecule has 14 heavy (non-hydrogen) atoms. The molecule has 4 heteroatoms. The van der Waals surface area contributed by atoms with Gasteiger partial charge >= 0.3 is 0 Å². The van der Waals surface area contributed by atoms with Crippen molar-refractivity contribution in [2.75, 3.05) is 20.2 Å². The van der Waals surface area contributed by atoms with Gasteiger partial charge in [0.2, 0.25) is 0 Å². The van der Waals surface area contributed by atoms with Gasteiger partial charge < -0.3 is 10.4 Å². The maximum absolute atomic E-state index is 12.8. The third kappa shape index (κ3) is 2.49. The second-order valence-electron chi connectivity index (χ2n) is 3.11. The van der Waals surface area contributed by atoms with Crippen molar-refractivity contribution in [1.29, 1.82) is 0 Å². The predicted octanol–water partition coefficient (Wildman–Crippen LogP) is 1.26. The quantitative estimate of drug-likeness (QED) is 0.768. The van der Waals surface area contributed by atoms with Gasteiger partial charge in [-0.1, -0.05) is 6.07 Å². The van der Waals surface area contributed by atoms with Gasteiger partial charge in [0, 0.05) is 12.5 Å². The van der Waals surface area contributed by atoms with E-state index in [1.165, 1.54) is 6.07 Å². The third-order valence-corrected chi connectivity index (χ3v) is 2.09. The molecule has 1 atom stereocenters. The number of benzene rings is 1. The fraction of sp³-hybridized carbons (Fsp3) is 0.400. The smallest absolute Gasteiger partial charge is 0.159 e. The first kappa shape index (κ1) is 11.1. The van der Waals surface area contributed by atoms with Crippen molar-refractivity contribution in [3.05, 3.63) is 35.4 Å². The number of halogens is 2. The molecule has 0 aliphatic rings. The van der Waals surface area contributed by atoms with Gasteiger partial charge in [0.25, 0.3) is 0 Å². The Morgan fingerprint density at radius 2 is 2.07 bits per heavy atom. The highest BCUT2D eigenvalue weighted by Gasteiger charge is 2.11. The van der Waals surface area contributed by atoms with Crippen LogP contribution in [0.5, 0.6) is 0 Å². The summed E-state index contributed by atoms with van der Waals surface area (Å²) in [6.07, 6.45) is 0. The third-order valence-electron chi connectivity index (χ3n) is 2.09. The summed E-state index contributed by atoms with van der Waals surface area (Å²) < 4.78 is 25.4. The lowest BCUT2D eigenvalue weighted by Crippen LogP contribution is -2.20. The van der Waals surface area contributed by atoms with E-state index in [4.69, 9.17) is 5.11 Å². The summed E-state index contributed by atoms with van der Waals surface area (Å²) in [5.41, 5.74) is 0.598. The van der Waals surface area contributed by atoms with E-state index in [1.807, 2.05) is 0 Å². The van der Waals surface area contributed by atoms with Crippen LogP contribution in [-0.2, 0) is 0 Å². The summed E-state index contributed by atoms with van der Waals surface area (Å²) in [6, 6.07) is 3.67. The number of aliphatic hydroxyl groups is 1. The number of hydrogen-bond acceptors (Lipinski definition) is 2. The number of aliphatic hydroxyl groups excluding tert-OH is 1. The van der Waals surface area contributed by atoms with Crippen LogP contribution in [0.25, 0.3) is 0 Å². The van der Waals surface area contributed by atoms with E-state index in [0.717, 1.165) is 12.1 Å². The van der Waals surface area contributed by atoms with Crippen LogP contribution >= 0.6 is 0 Å². The summed E-state index contributed by atoms with van der Waals surface area (Å²) in [6.45, 7) is 0.438. The van der Waals surface area contributed by atoms with E-state index in [9.17, 15) is 8.78 Å². The first-order valence-electron chi connectivity index (χ1n) is 4.39. The molecular formula is C10H13F2NO. The minimum absolute atomic E-state index is 0.0914. The van der Waals surface area contributed by atoms with E-state index >= 15 is 0 Å². The lowest BCUT2D eigenvalue weighted by atomic mass is 10.00. The van der Waals surface area contributed by atoms with Crippen molar-refractivity contribution in [2.45, 2.75) is 5.92 Å². The van der Waals surface area contributed by atoms with Crippen LogP contribution in [0.15, 0.2) is 18.2 Å². The molecule has 0 radical (unpaired) electrons. The molecule has 2 N–H and O–H groups in total. The van der Waals surface area contributed by atoms with Crippen LogP contribution in [0.2, 0.25) is 0 Å². The van der Waals surface area contributed by atoms with Gasteiger partial charge in [-0.3, -0.25) is 0 Å². The minimum Gasteiger partial charge on any atom is -0.396 e. The van der Waals surface area contributed by atoms with Crippen molar-refractivity contribution in [2.24, 2.45) is 0 Å². The van der Waals surface area contributed by atoms with Crippen molar-refractivity contribution in [3.8, 4) is 0 Å². The standard InChI is InChI=1S/C10H13F2NO/c1-13-5-8(6-14)7-2-3-9(11)10(12)4-7/h2-4,8,13-14H,5-6H2,1H3. The van der Waals surface area contributed by atoms with E-state index < -0.39 is 11.6 Å². The monoisotopic (exact) mass is 201 g/mol. The Labute approximate surface area is 81.6 Å². The Hall–Kier alpha value is -1.00. The van der Waals surface area contributed by atoms with Crippen molar-refractivity contribution in [3.63, 3.8) is 0 Å². The molecule has 1 rings (SSSR count). The Bertz CT molecular complexity index is 304. The van der Waals surface area contributed by atoms with Crippen LogP contribution in [0, 0.1) is 11.6 Å². The van der Waals surface area contributed by atoms with Gasteiger partial charge in [-0.15, -0.1) is 0 Å². The van der Waals surface area contributed by atoms with Gasteiger partial charge in [-0.25, -0.2) is 8.78 Å². The van der Waals surface area contributed by atoms with Gasteiger partial charge in [0.15, 0.2) is 11.6 Å². The van der Waals surface area contributed by atoms with Gasteiger partial charge in [-0.05, 0) is 24.7 Å². The largest absolute Gasteiger partial charge is 0.396 e. The topological polar surface area (TPSA) is 32.3 Å². The molecule has 1 unspecified atom stereocenters. The highest BCUT2D eigenvalue weighted by Crippen LogP contribution is 2.17. The van der Waals surface area contributed by atoms with Crippen molar-refractivity contribution in [1.82, 2.24) is 5.32 Å². The highest BCUT2D eigenvalue weighted by molar-refractivity contribution is 5.22. The molecule has 0 fully saturated rings. The molecule has 0 saturated heterocycles. The SMILES string of the molecule is CNCC(CO)c1ccc(F)c(F)c1. The Balaban J connectivity index is 2.88. The average Bonchev–Trinajstić information content (AvgIpc) is 2.19. The van der Waals surface area contributed by atoms with E-state index in [1.54, 1.807) is 7.05 Å². The minimum atomic E-state index is -0.878. The normalized spacial score (nSPS) is 12.9. The van der Waals surface area contributed by atoms with Gasteiger partial charge in [-0.2, -0.15) is 0 Å². The van der Waals surface area contributed by atoms with Crippen LogP contribution in [0.1, 0.15) is 11.5 Å². The molecule has 0 amide bonds. The molecule has 0 heterocycles. The van der Waals surface area contributed by atoms with Crippen molar-refractivity contribution < 1.29 is 13.9 Å². The molecule has 1 aromatic rings. The molecule has 0 aliphatic heterocycles. The lowest BCUT2D eigenvalue weighted by Gasteiger charge is -2.13. The summed E-state index contributed by atoms with van der Waals surface area (Å²) in [5, 5.41) is 11.9. The zero-order chi connectivity index (χ0) is 10.6. The van der Waals surface area contributed by atoms with Crippen LogP contribution in [0.3, 0.4) is 0 Å². The van der Waals surface area contributed by atoms with Crippen molar-refractivity contribution >= 4 is 0 Å².